The van der Waals surface area contributed by atoms with Crippen molar-refractivity contribution in [3.05, 3.63) is 30.1 Å². The molecule has 1 aliphatic rings. The van der Waals surface area contributed by atoms with E-state index in [0.717, 1.165) is 31.6 Å². The van der Waals surface area contributed by atoms with Gasteiger partial charge in [-0.2, -0.15) is 0 Å². The largest absolute Gasteiger partial charge is 0.396 e. The second kappa shape index (κ2) is 7.07. The molecule has 1 N–H and O–H groups in total. The van der Waals surface area contributed by atoms with Gasteiger partial charge in [0.15, 0.2) is 0 Å². The highest BCUT2D eigenvalue weighted by Gasteiger charge is 2.32. The summed E-state index contributed by atoms with van der Waals surface area (Å²) in [5.74, 6) is -0.195. The minimum Gasteiger partial charge on any atom is -0.396 e. The summed E-state index contributed by atoms with van der Waals surface area (Å²) in [6.45, 7) is 3.99. The van der Waals surface area contributed by atoms with Crippen LogP contribution < -0.4 is 4.90 Å². The van der Waals surface area contributed by atoms with Gasteiger partial charge >= 0.3 is 0 Å². The van der Waals surface area contributed by atoms with Crippen molar-refractivity contribution in [1.29, 1.82) is 0 Å². The van der Waals surface area contributed by atoms with Crippen LogP contribution in [0.4, 0.5) is 10.1 Å². The van der Waals surface area contributed by atoms with Gasteiger partial charge in [0.1, 0.15) is 5.82 Å². The maximum atomic E-state index is 13.4. The molecule has 2 nitrogen and oxygen atoms in total. The first-order valence-electron chi connectivity index (χ1n) is 7.80. The Balaban J connectivity index is 2.14. The van der Waals surface area contributed by atoms with Gasteiger partial charge in [0.05, 0.1) is 6.61 Å². The molecule has 1 aromatic rings. The molecule has 1 fully saturated rings. The molecular formula is C17H26FNO. The molecule has 0 radical (unpaired) electrons. The Morgan fingerprint density at radius 1 is 1.20 bits per heavy atom. The van der Waals surface area contributed by atoms with Crippen LogP contribution in [0.1, 0.15) is 45.4 Å². The van der Waals surface area contributed by atoms with E-state index in [-0.39, 0.29) is 17.8 Å². The smallest absolute Gasteiger partial charge is 0.125 e. The van der Waals surface area contributed by atoms with Crippen molar-refractivity contribution in [2.45, 2.75) is 45.4 Å². The quantitative estimate of drug-likeness (QED) is 0.824. The highest BCUT2D eigenvalue weighted by molar-refractivity contribution is 5.46. The number of nitrogens with zero attached hydrogens (tertiary/aromatic N) is 1. The molecule has 0 aromatic heterocycles. The molecular weight excluding hydrogens is 253 g/mol. The Hall–Kier alpha value is -1.09. The SMILES string of the molecule is CCN(CC1(CO)CCCCCC1)c1cccc(F)c1. The van der Waals surface area contributed by atoms with Gasteiger partial charge in [0.2, 0.25) is 0 Å². The lowest BCUT2D eigenvalue weighted by Crippen LogP contribution is -2.40. The van der Waals surface area contributed by atoms with Gasteiger partial charge in [-0.3, -0.25) is 0 Å². The Labute approximate surface area is 121 Å². The van der Waals surface area contributed by atoms with Crippen LogP contribution in [0, 0.1) is 11.2 Å². The lowest BCUT2D eigenvalue weighted by molar-refractivity contribution is 0.112. The second-order valence-corrected chi connectivity index (χ2v) is 6.07. The van der Waals surface area contributed by atoms with Crippen LogP contribution in [0.25, 0.3) is 0 Å². The van der Waals surface area contributed by atoms with Crippen LogP contribution in [-0.4, -0.2) is 24.8 Å². The Bertz CT molecular complexity index is 413. The zero-order valence-corrected chi connectivity index (χ0v) is 12.4. The highest BCUT2D eigenvalue weighted by atomic mass is 19.1. The number of aliphatic hydroxyl groups excluding tert-OH is 1. The van der Waals surface area contributed by atoms with Crippen molar-refractivity contribution >= 4 is 5.69 Å². The van der Waals surface area contributed by atoms with E-state index in [2.05, 4.69) is 11.8 Å². The van der Waals surface area contributed by atoms with E-state index in [1.54, 1.807) is 12.1 Å². The molecule has 1 saturated carbocycles. The Morgan fingerprint density at radius 3 is 2.45 bits per heavy atom. The van der Waals surface area contributed by atoms with Crippen molar-refractivity contribution in [3.8, 4) is 0 Å². The predicted octanol–water partition coefficient (Wildman–Crippen LogP) is 3.98. The van der Waals surface area contributed by atoms with E-state index in [4.69, 9.17) is 0 Å². The summed E-state index contributed by atoms with van der Waals surface area (Å²) >= 11 is 0. The number of aliphatic hydroxyl groups is 1. The Kier molecular flexibility index (Phi) is 5.41. The molecule has 0 aliphatic heterocycles. The van der Waals surface area contributed by atoms with E-state index in [1.165, 1.54) is 31.7 Å². The van der Waals surface area contributed by atoms with Crippen molar-refractivity contribution in [1.82, 2.24) is 0 Å². The number of hydrogen-bond donors (Lipinski definition) is 1. The van der Waals surface area contributed by atoms with Gasteiger partial charge < -0.3 is 10.0 Å². The Morgan fingerprint density at radius 2 is 1.90 bits per heavy atom. The number of hydrogen-bond acceptors (Lipinski definition) is 2. The second-order valence-electron chi connectivity index (χ2n) is 6.07. The summed E-state index contributed by atoms with van der Waals surface area (Å²) < 4.78 is 13.4. The van der Waals surface area contributed by atoms with Crippen LogP contribution in [0.2, 0.25) is 0 Å². The van der Waals surface area contributed by atoms with Crippen LogP contribution in [0.15, 0.2) is 24.3 Å². The molecule has 2 rings (SSSR count). The fourth-order valence-electron chi connectivity index (χ4n) is 3.31. The molecule has 0 atom stereocenters. The van der Waals surface area contributed by atoms with E-state index in [1.807, 2.05) is 6.07 Å². The fraction of sp³-hybridized carbons (Fsp3) is 0.647. The van der Waals surface area contributed by atoms with E-state index in [9.17, 15) is 9.50 Å². The molecule has 112 valence electrons. The summed E-state index contributed by atoms with van der Waals surface area (Å²) in [7, 11) is 0. The number of anilines is 1. The first kappa shape index (κ1) is 15.3. The van der Waals surface area contributed by atoms with Gasteiger partial charge in [-0.05, 0) is 38.0 Å². The summed E-state index contributed by atoms with van der Waals surface area (Å²) in [5.41, 5.74) is 0.906. The fourth-order valence-corrected chi connectivity index (χ4v) is 3.31. The maximum absolute atomic E-state index is 13.4. The van der Waals surface area contributed by atoms with Crippen molar-refractivity contribution < 1.29 is 9.50 Å². The topological polar surface area (TPSA) is 23.5 Å². The zero-order valence-electron chi connectivity index (χ0n) is 12.4. The molecule has 1 aromatic carbocycles. The molecule has 0 heterocycles. The molecule has 20 heavy (non-hydrogen) atoms. The summed E-state index contributed by atoms with van der Waals surface area (Å²) in [5, 5.41) is 9.91. The minimum absolute atomic E-state index is 0.0151. The monoisotopic (exact) mass is 279 g/mol. The molecule has 1 aliphatic carbocycles. The molecule has 0 saturated heterocycles. The molecule has 0 amide bonds. The lowest BCUT2D eigenvalue weighted by Gasteiger charge is -2.37. The zero-order chi connectivity index (χ0) is 14.4. The van der Waals surface area contributed by atoms with Crippen LogP contribution >= 0.6 is 0 Å². The normalized spacial score (nSPS) is 18.6. The first-order chi connectivity index (χ1) is 9.69. The third-order valence-electron chi connectivity index (χ3n) is 4.58. The van der Waals surface area contributed by atoms with Gasteiger partial charge in [-0.15, -0.1) is 0 Å². The maximum Gasteiger partial charge on any atom is 0.125 e. The number of halogens is 1. The standard InChI is InChI=1S/C17H26FNO/c1-2-19(16-9-7-8-15(18)12-16)13-17(14-20)10-5-3-4-6-11-17/h7-9,12,20H,2-6,10-11,13-14H2,1H3. The van der Waals surface area contributed by atoms with Gasteiger partial charge in [-0.25, -0.2) is 4.39 Å². The molecule has 0 unspecified atom stereocenters. The number of rotatable bonds is 5. The van der Waals surface area contributed by atoms with Crippen LogP contribution in [0.3, 0.4) is 0 Å². The summed E-state index contributed by atoms with van der Waals surface area (Å²) in [6.07, 6.45) is 7.09. The van der Waals surface area contributed by atoms with E-state index in [0.29, 0.717) is 0 Å². The number of benzene rings is 1. The van der Waals surface area contributed by atoms with Gasteiger partial charge in [0.25, 0.3) is 0 Å². The predicted molar refractivity (Wildman–Crippen MR) is 81.5 cm³/mol. The van der Waals surface area contributed by atoms with E-state index >= 15 is 0 Å². The molecule has 0 spiro atoms. The molecule has 3 heteroatoms. The average molecular weight is 279 g/mol. The first-order valence-corrected chi connectivity index (χ1v) is 7.80. The van der Waals surface area contributed by atoms with Gasteiger partial charge in [0, 0.05) is 24.2 Å². The van der Waals surface area contributed by atoms with Crippen molar-refractivity contribution in [2.75, 3.05) is 24.6 Å². The minimum atomic E-state index is -0.195. The third kappa shape index (κ3) is 3.72. The van der Waals surface area contributed by atoms with E-state index < -0.39 is 0 Å². The average Bonchev–Trinajstić information content (AvgIpc) is 2.71. The van der Waals surface area contributed by atoms with Crippen molar-refractivity contribution in [2.24, 2.45) is 5.41 Å². The van der Waals surface area contributed by atoms with Crippen molar-refractivity contribution in [3.63, 3.8) is 0 Å². The lowest BCUT2D eigenvalue weighted by atomic mass is 9.80. The van der Waals surface area contributed by atoms with Crippen LogP contribution in [-0.2, 0) is 0 Å². The third-order valence-corrected chi connectivity index (χ3v) is 4.58. The van der Waals surface area contributed by atoms with Crippen LogP contribution in [0.5, 0.6) is 0 Å². The summed E-state index contributed by atoms with van der Waals surface area (Å²) in [4.78, 5) is 2.20. The summed E-state index contributed by atoms with van der Waals surface area (Å²) in [6, 6.07) is 6.77. The molecule has 0 bridgehead atoms. The van der Waals surface area contributed by atoms with Gasteiger partial charge in [-0.1, -0.05) is 31.7 Å². The highest BCUT2D eigenvalue weighted by Crippen LogP contribution is 2.36.